The van der Waals surface area contributed by atoms with E-state index in [9.17, 15) is 14.4 Å². The molecule has 0 atom stereocenters. The molecule has 0 aliphatic carbocycles. The van der Waals surface area contributed by atoms with Crippen molar-refractivity contribution >= 4 is 28.3 Å². The second kappa shape index (κ2) is 8.98. The summed E-state index contributed by atoms with van der Waals surface area (Å²) in [5.74, 6) is -0.646. The lowest BCUT2D eigenvalue weighted by Crippen LogP contribution is -2.24. The summed E-state index contributed by atoms with van der Waals surface area (Å²) >= 11 is 0. The second-order valence-corrected chi connectivity index (χ2v) is 7.68. The van der Waals surface area contributed by atoms with E-state index in [-0.39, 0.29) is 23.4 Å². The average Bonchev–Trinajstić information content (AvgIpc) is 2.81. The topological polar surface area (TPSA) is 81.1 Å². The first kappa shape index (κ1) is 21.2. The third-order valence-electron chi connectivity index (χ3n) is 5.38. The summed E-state index contributed by atoms with van der Waals surface area (Å²) in [6, 6.07) is 16.2. The minimum absolute atomic E-state index is 0.0226. The molecular formula is C26H23N3O3. The molecule has 2 aromatic heterocycles. The molecule has 4 rings (SSSR count). The molecule has 0 saturated heterocycles. The third kappa shape index (κ3) is 4.34. The molecule has 1 amide bonds. The Bertz CT molecular complexity index is 1360. The lowest BCUT2D eigenvalue weighted by atomic mass is 10.0. The fraction of sp³-hybridized carbons (Fsp3) is 0.154. The number of hydrogen-bond acceptors (Lipinski definition) is 4. The Labute approximate surface area is 185 Å². The molecular weight excluding hydrogens is 402 g/mol. The van der Waals surface area contributed by atoms with Gasteiger partial charge in [-0.1, -0.05) is 30.7 Å². The van der Waals surface area contributed by atoms with Gasteiger partial charge in [-0.05, 0) is 55.3 Å². The normalized spacial score (nSPS) is 10.8. The van der Waals surface area contributed by atoms with Gasteiger partial charge in [-0.25, -0.2) is 0 Å². The highest BCUT2D eigenvalue weighted by molar-refractivity contribution is 6.10. The summed E-state index contributed by atoms with van der Waals surface area (Å²) in [5.41, 5.74) is 3.42. The van der Waals surface area contributed by atoms with Crippen molar-refractivity contribution < 1.29 is 9.59 Å². The summed E-state index contributed by atoms with van der Waals surface area (Å²) in [5, 5.41) is 3.29. The molecule has 0 aliphatic heterocycles. The van der Waals surface area contributed by atoms with Crippen LogP contribution >= 0.6 is 0 Å². The predicted molar refractivity (Wildman–Crippen MR) is 125 cm³/mol. The Balaban J connectivity index is 1.72. The van der Waals surface area contributed by atoms with Crippen molar-refractivity contribution in [3.63, 3.8) is 0 Å². The number of benzene rings is 2. The maximum atomic E-state index is 13.1. The third-order valence-corrected chi connectivity index (χ3v) is 5.38. The summed E-state index contributed by atoms with van der Waals surface area (Å²) in [6.45, 7) is 3.92. The maximum Gasteiger partial charge on any atom is 0.244 e. The van der Waals surface area contributed by atoms with Crippen LogP contribution in [-0.2, 0) is 17.8 Å². The summed E-state index contributed by atoms with van der Waals surface area (Å²) < 4.78 is 1.65. The Morgan fingerprint density at radius 3 is 2.41 bits per heavy atom. The Morgan fingerprint density at radius 1 is 1.00 bits per heavy atom. The van der Waals surface area contributed by atoms with E-state index in [1.807, 2.05) is 37.3 Å². The van der Waals surface area contributed by atoms with Crippen molar-refractivity contribution in [1.82, 2.24) is 9.55 Å². The Kier molecular flexibility index (Phi) is 5.94. The summed E-state index contributed by atoms with van der Waals surface area (Å²) in [7, 11) is 0. The number of anilines is 1. The number of nitrogens with one attached hydrogen (secondary N) is 1. The molecule has 4 aromatic rings. The van der Waals surface area contributed by atoms with E-state index >= 15 is 0 Å². The van der Waals surface area contributed by atoms with Gasteiger partial charge in [0.1, 0.15) is 6.54 Å². The van der Waals surface area contributed by atoms with Gasteiger partial charge < -0.3 is 9.88 Å². The Hall–Kier alpha value is -4.06. The van der Waals surface area contributed by atoms with Gasteiger partial charge in [-0.15, -0.1) is 0 Å². The molecule has 6 heteroatoms. The molecule has 0 unspecified atom stereocenters. The van der Waals surface area contributed by atoms with E-state index in [1.54, 1.807) is 28.8 Å². The number of hydrogen-bond donors (Lipinski definition) is 1. The number of fused-ring (bicyclic) bond motifs is 1. The number of aromatic nitrogens is 2. The molecule has 6 nitrogen and oxygen atoms in total. The largest absolute Gasteiger partial charge is 0.337 e. The van der Waals surface area contributed by atoms with Gasteiger partial charge >= 0.3 is 0 Å². The zero-order valence-corrected chi connectivity index (χ0v) is 18.0. The van der Waals surface area contributed by atoms with E-state index in [0.717, 1.165) is 12.0 Å². The predicted octanol–water partition coefficient (Wildman–Crippen LogP) is 4.14. The van der Waals surface area contributed by atoms with E-state index in [1.165, 1.54) is 24.2 Å². The summed E-state index contributed by atoms with van der Waals surface area (Å²) in [4.78, 5) is 42.9. The molecule has 1 N–H and O–H groups in total. The lowest BCUT2D eigenvalue weighted by molar-refractivity contribution is -0.116. The number of nitrogens with zero attached hydrogens (tertiary/aromatic N) is 2. The van der Waals surface area contributed by atoms with Crippen LogP contribution in [0.5, 0.6) is 0 Å². The zero-order valence-electron chi connectivity index (χ0n) is 18.0. The van der Waals surface area contributed by atoms with E-state index in [4.69, 9.17) is 0 Å². The van der Waals surface area contributed by atoms with E-state index in [2.05, 4.69) is 17.2 Å². The van der Waals surface area contributed by atoms with Gasteiger partial charge in [0.25, 0.3) is 0 Å². The number of aryl methyl sites for hydroxylation is 2. The number of pyridine rings is 2. The van der Waals surface area contributed by atoms with Gasteiger partial charge in [-0.2, -0.15) is 0 Å². The molecule has 2 heterocycles. The average molecular weight is 425 g/mol. The fourth-order valence-electron chi connectivity index (χ4n) is 3.64. The van der Waals surface area contributed by atoms with Crippen molar-refractivity contribution in [1.29, 1.82) is 0 Å². The van der Waals surface area contributed by atoms with Crippen molar-refractivity contribution in [2.24, 2.45) is 0 Å². The number of ketones is 1. The molecule has 0 radical (unpaired) electrons. The highest BCUT2D eigenvalue weighted by Gasteiger charge is 2.18. The first-order chi connectivity index (χ1) is 15.5. The van der Waals surface area contributed by atoms with Crippen molar-refractivity contribution in [2.75, 3.05) is 5.32 Å². The van der Waals surface area contributed by atoms with Crippen LogP contribution in [0.15, 0.2) is 78.0 Å². The number of carbonyl (C=O) groups is 2. The van der Waals surface area contributed by atoms with Crippen molar-refractivity contribution in [2.45, 2.75) is 26.8 Å². The molecule has 0 saturated carbocycles. The van der Waals surface area contributed by atoms with Crippen LogP contribution in [0.25, 0.3) is 10.9 Å². The monoisotopic (exact) mass is 425 g/mol. The Morgan fingerprint density at radius 2 is 1.72 bits per heavy atom. The van der Waals surface area contributed by atoms with Crippen LogP contribution in [0.2, 0.25) is 0 Å². The lowest BCUT2D eigenvalue weighted by Gasteiger charge is -2.14. The number of carbonyl (C=O) groups excluding carboxylic acids is 2. The molecule has 0 spiro atoms. The van der Waals surface area contributed by atoms with Gasteiger partial charge in [0.2, 0.25) is 11.3 Å². The first-order valence-corrected chi connectivity index (χ1v) is 10.4. The standard InChI is InChI=1S/C26H23N3O3/c1-3-18-5-7-20(8-6-18)28-24(30)16-29-15-22(25(31)19-10-12-27-13-11-19)26(32)21-14-17(2)4-9-23(21)29/h4-15H,3,16H2,1-2H3,(H,28,30). The van der Waals surface area contributed by atoms with E-state index < -0.39 is 5.78 Å². The van der Waals surface area contributed by atoms with Gasteiger partial charge in [0, 0.05) is 35.2 Å². The van der Waals surface area contributed by atoms with Crippen LogP contribution in [0, 0.1) is 6.92 Å². The molecule has 160 valence electrons. The second-order valence-electron chi connectivity index (χ2n) is 7.68. The zero-order chi connectivity index (χ0) is 22.7. The smallest absolute Gasteiger partial charge is 0.244 e. The molecule has 32 heavy (non-hydrogen) atoms. The van der Waals surface area contributed by atoms with Crippen molar-refractivity contribution in [3.8, 4) is 0 Å². The van der Waals surface area contributed by atoms with E-state index in [0.29, 0.717) is 22.2 Å². The minimum Gasteiger partial charge on any atom is -0.337 e. The summed E-state index contributed by atoms with van der Waals surface area (Å²) in [6.07, 6.45) is 5.41. The van der Waals surface area contributed by atoms with Crippen LogP contribution in [-0.4, -0.2) is 21.2 Å². The molecule has 0 bridgehead atoms. The maximum absolute atomic E-state index is 13.1. The quantitative estimate of drug-likeness (QED) is 0.471. The van der Waals surface area contributed by atoms with Gasteiger partial charge in [0.15, 0.2) is 5.78 Å². The first-order valence-electron chi connectivity index (χ1n) is 10.4. The van der Waals surface area contributed by atoms with Gasteiger partial charge in [-0.3, -0.25) is 19.4 Å². The fourth-order valence-corrected chi connectivity index (χ4v) is 3.64. The SMILES string of the molecule is CCc1ccc(NC(=O)Cn2cc(C(=O)c3ccncc3)c(=O)c3cc(C)ccc32)cc1. The molecule has 0 fully saturated rings. The van der Waals surface area contributed by atoms with Crippen LogP contribution in [0.4, 0.5) is 5.69 Å². The van der Waals surface area contributed by atoms with Crippen LogP contribution in [0.3, 0.4) is 0 Å². The van der Waals surface area contributed by atoms with Crippen LogP contribution in [0.1, 0.15) is 34.0 Å². The van der Waals surface area contributed by atoms with Crippen LogP contribution < -0.4 is 10.7 Å². The van der Waals surface area contributed by atoms with Gasteiger partial charge in [0.05, 0.1) is 11.1 Å². The number of amides is 1. The molecule has 2 aromatic carbocycles. The number of rotatable bonds is 6. The highest BCUT2D eigenvalue weighted by atomic mass is 16.2. The van der Waals surface area contributed by atoms with Crippen molar-refractivity contribution in [3.05, 3.63) is 106 Å². The highest BCUT2D eigenvalue weighted by Crippen LogP contribution is 2.17. The minimum atomic E-state index is -0.398. The molecule has 0 aliphatic rings.